The third-order valence-electron chi connectivity index (χ3n) is 11.7. The fraction of sp³-hybridized carbons (Fsp3) is 0.512. The largest absolute Gasteiger partial charge is 0.354 e. The second-order valence-corrected chi connectivity index (χ2v) is 15.3. The number of hydrogen-bond acceptors (Lipinski definition) is 5. The van der Waals surface area contributed by atoms with Crippen LogP contribution in [0.2, 0.25) is 0 Å². The average molecular weight is 722 g/mol. The van der Waals surface area contributed by atoms with Crippen molar-refractivity contribution in [2.75, 3.05) is 6.54 Å². The van der Waals surface area contributed by atoms with Crippen molar-refractivity contribution in [3.63, 3.8) is 0 Å². The molecule has 4 aromatic rings. The van der Waals surface area contributed by atoms with Crippen LogP contribution >= 0.6 is 0 Å². The van der Waals surface area contributed by atoms with E-state index in [-0.39, 0.29) is 42.1 Å². The molecule has 0 spiro atoms. The predicted octanol–water partition coefficient (Wildman–Crippen LogP) is 6.78. The van der Waals surface area contributed by atoms with E-state index in [0.717, 1.165) is 64.3 Å². The van der Waals surface area contributed by atoms with Crippen LogP contribution in [0.4, 0.5) is 0 Å². The second-order valence-electron chi connectivity index (χ2n) is 15.3. The van der Waals surface area contributed by atoms with E-state index in [0.29, 0.717) is 45.1 Å². The van der Waals surface area contributed by atoms with E-state index in [4.69, 9.17) is 0 Å². The summed E-state index contributed by atoms with van der Waals surface area (Å²) < 4.78 is 2.07. The zero-order valence-corrected chi connectivity index (χ0v) is 31.7. The molecule has 0 unspecified atom stereocenters. The Balaban J connectivity index is 1.37. The Hall–Kier alpha value is -4.73. The molecule has 282 valence electrons. The lowest BCUT2D eigenvalue weighted by molar-refractivity contribution is -0.147. The number of carbonyl (C=O) groups excluding carboxylic acids is 5. The summed E-state index contributed by atoms with van der Waals surface area (Å²) in [6.45, 7) is 6.25. The van der Waals surface area contributed by atoms with Gasteiger partial charge in [-0.1, -0.05) is 64.3 Å². The van der Waals surface area contributed by atoms with Gasteiger partial charge in [-0.05, 0) is 73.4 Å². The molecule has 2 aliphatic heterocycles. The highest BCUT2D eigenvalue weighted by Gasteiger charge is 2.41. The highest BCUT2D eigenvalue weighted by atomic mass is 16.2. The first-order valence-electron chi connectivity index (χ1n) is 19.7. The first-order chi connectivity index (χ1) is 25.6. The zero-order valence-electron chi connectivity index (χ0n) is 31.7. The van der Waals surface area contributed by atoms with Crippen molar-refractivity contribution in [1.82, 2.24) is 25.1 Å². The molecule has 2 saturated heterocycles. The molecule has 0 bridgehead atoms. The summed E-state index contributed by atoms with van der Waals surface area (Å²) in [7, 11) is 2.01. The summed E-state index contributed by atoms with van der Waals surface area (Å²) in [5.41, 5.74) is 4.73. The van der Waals surface area contributed by atoms with E-state index in [1.165, 1.54) is 0 Å². The van der Waals surface area contributed by atoms with Crippen molar-refractivity contribution in [3.8, 4) is 11.3 Å². The summed E-state index contributed by atoms with van der Waals surface area (Å²) in [4.78, 5) is 74.5. The van der Waals surface area contributed by atoms with Crippen LogP contribution < -0.4 is 10.6 Å². The number of rotatable bonds is 12. The van der Waals surface area contributed by atoms with Gasteiger partial charge in [-0.15, -0.1) is 0 Å². The quantitative estimate of drug-likeness (QED) is 0.139. The highest BCUT2D eigenvalue weighted by molar-refractivity contribution is 5.99. The average Bonchev–Trinajstić information content (AvgIpc) is 3.74. The van der Waals surface area contributed by atoms with Crippen LogP contribution in [0.15, 0.2) is 54.7 Å². The molecule has 2 aliphatic rings. The standard InChI is InChI=1S/C43H55N5O5/c1-5-27(3)39-43(53)48-22-13-12-18-37(48)38(50)25-30(14-8-7-9-15-31(49)6-2)41(51)45-35(42(52)46-39)26-33-32-16-10-11-17-34(32)44-40(33)29-19-20-36-28(24-29)21-23-47(36)4/h10-11,16-17,19-21,23-24,27,30,35,37,39,44H,5-9,12-15,18,22,25-26H2,1-4H3,(H,45,51)(H,46,52)/t27-,30-,35+,37-,39+/m1/s1. The van der Waals surface area contributed by atoms with Gasteiger partial charge in [0.15, 0.2) is 5.78 Å². The summed E-state index contributed by atoms with van der Waals surface area (Å²) in [5, 5.41) is 8.23. The Morgan fingerprint density at radius 2 is 1.75 bits per heavy atom. The van der Waals surface area contributed by atoms with Gasteiger partial charge in [0.25, 0.3) is 0 Å². The number of piperidine rings is 1. The van der Waals surface area contributed by atoms with Crippen LogP contribution in [0, 0.1) is 11.8 Å². The van der Waals surface area contributed by atoms with E-state index in [1.54, 1.807) is 4.90 Å². The molecular formula is C43H55N5O5. The van der Waals surface area contributed by atoms with Crippen molar-refractivity contribution in [1.29, 1.82) is 0 Å². The van der Waals surface area contributed by atoms with Crippen molar-refractivity contribution >= 4 is 51.1 Å². The van der Waals surface area contributed by atoms with Crippen LogP contribution in [0.3, 0.4) is 0 Å². The Morgan fingerprint density at radius 1 is 0.943 bits per heavy atom. The number of Topliss-reactive ketones (excluding diaryl/α,β-unsaturated/α-hetero) is 2. The van der Waals surface area contributed by atoms with Crippen molar-refractivity contribution < 1.29 is 24.0 Å². The Kier molecular flexibility index (Phi) is 12.2. The summed E-state index contributed by atoms with van der Waals surface area (Å²) >= 11 is 0. The number of para-hydroxylation sites is 1. The van der Waals surface area contributed by atoms with Crippen LogP contribution in [-0.2, 0) is 37.4 Å². The van der Waals surface area contributed by atoms with E-state index in [1.807, 2.05) is 58.3 Å². The normalized spacial score (nSPS) is 22.2. The SMILES string of the molecule is CCC(=O)CCCCC[C@@H]1CC(=O)[C@H]2CCCCN2C(=O)[C@H]([C@H](C)CC)NC(=O)[C@H](Cc2c(-c3ccc4c(ccn4C)c3)[nH]c3ccccc23)NC1=O. The number of benzene rings is 2. The number of aromatic amines is 1. The summed E-state index contributed by atoms with van der Waals surface area (Å²) in [6.07, 6.45) is 8.69. The number of carbonyl (C=O) groups is 5. The van der Waals surface area contributed by atoms with Crippen LogP contribution in [0.25, 0.3) is 33.1 Å². The fourth-order valence-corrected chi connectivity index (χ4v) is 8.22. The fourth-order valence-electron chi connectivity index (χ4n) is 8.22. The maximum atomic E-state index is 14.6. The van der Waals surface area contributed by atoms with Crippen molar-refractivity contribution in [2.45, 2.75) is 116 Å². The molecule has 53 heavy (non-hydrogen) atoms. The number of ketones is 2. The number of fused-ring (bicyclic) bond motifs is 3. The molecule has 5 atom stereocenters. The summed E-state index contributed by atoms with van der Waals surface area (Å²) in [6, 6.07) is 13.9. The lowest BCUT2D eigenvalue weighted by Crippen LogP contribution is -2.61. The van der Waals surface area contributed by atoms with E-state index in [2.05, 4.69) is 44.5 Å². The van der Waals surface area contributed by atoms with Gasteiger partial charge in [0.1, 0.15) is 17.9 Å². The summed E-state index contributed by atoms with van der Waals surface area (Å²) in [5.74, 6) is -1.69. The highest BCUT2D eigenvalue weighted by Crippen LogP contribution is 2.34. The number of nitrogens with one attached hydrogen (secondary N) is 3. The number of nitrogens with zero attached hydrogens (tertiary/aromatic N) is 2. The second kappa shape index (κ2) is 16.9. The van der Waals surface area contributed by atoms with Crippen LogP contribution in [0.1, 0.15) is 97.0 Å². The molecule has 2 aromatic heterocycles. The van der Waals surface area contributed by atoms with Gasteiger partial charge in [0.05, 0.1) is 6.04 Å². The molecule has 10 nitrogen and oxygen atoms in total. The van der Waals surface area contributed by atoms with E-state index < -0.39 is 30.0 Å². The van der Waals surface area contributed by atoms with Crippen molar-refractivity contribution in [3.05, 3.63) is 60.3 Å². The molecule has 3 amide bonds. The smallest absolute Gasteiger partial charge is 0.246 e. The molecule has 6 rings (SSSR count). The van der Waals surface area contributed by atoms with Gasteiger partial charge >= 0.3 is 0 Å². The molecule has 2 aromatic carbocycles. The predicted molar refractivity (Wildman–Crippen MR) is 208 cm³/mol. The minimum Gasteiger partial charge on any atom is -0.354 e. The number of amides is 3. The molecule has 0 saturated carbocycles. The Morgan fingerprint density at radius 3 is 2.55 bits per heavy atom. The van der Waals surface area contributed by atoms with Crippen LogP contribution in [0.5, 0.6) is 0 Å². The lowest BCUT2D eigenvalue weighted by atomic mass is 9.87. The number of unbranched alkanes of at least 4 members (excludes halogenated alkanes) is 2. The number of H-pyrrole nitrogens is 1. The number of hydrogen-bond donors (Lipinski definition) is 3. The molecule has 0 radical (unpaired) electrons. The molecule has 4 heterocycles. The van der Waals surface area contributed by atoms with Gasteiger partial charge in [-0.2, -0.15) is 0 Å². The molecule has 2 fully saturated rings. The molecule has 0 aliphatic carbocycles. The van der Waals surface area contributed by atoms with Gasteiger partial charge < -0.3 is 25.1 Å². The van der Waals surface area contributed by atoms with Gasteiger partial charge in [-0.25, -0.2) is 0 Å². The minimum absolute atomic E-state index is 0.00589. The van der Waals surface area contributed by atoms with Crippen molar-refractivity contribution in [2.24, 2.45) is 18.9 Å². The van der Waals surface area contributed by atoms with Gasteiger partial charge in [-0.3, -0.25) is 24.0 Å². The number of aryl methyl sites for hydroxylation is 1. The number of aromatic nitrogens is 2. The maximum Gasteiger partial charge on any atom is 0.246 e. The van der Waals surface area contributed by atoms with Gasteiger partial charge in [0, 0.05) is 78.9 Å². The maximum absolute atomic E-state index is 14.6. The minimum atomic E-state index is -1.00. The molecular weight excluding hydrogens is 667 g/mol. The molecule has 3 N–H and O–H groups in total. The van der Waals surface area contributed by atoms with E-state index >= 15 is 0 Å². The zero-order chi connectivity index (χ0) is 37.6. The molecule has 10 heteroatoms. The topological polar surface area (TPSA) is 133 Å². The Bertz CT molecular complexity index is 1980. The monoisotopic (exact) mass is 721 g/mol. The first kappa shape index (κ1) is 38.0. The first-order valence-corrected chi connectivity index (χ1v) is 19.7. The third-order valence-corrected chi connectivity index (χ3v) is 11.7. The lowest BCUT2D eigenvalue weighted by Gasteiger charge is -2.39. The van der Waals surface area contributed by atoms with Crippen LogP contribution in [-0.4, -0.2) is 68.4 Å². The van der Waals surface area contributed by atoms with E-state index in [9.17, 15) is 24.0 Å². The Labute approximate surface area is 312 Å². The third kappa shape index (κ3) is 8.42. The van der Waals surface area contributed by atoms with Gasteiger partial charge in [0.2, 0.25) is 17.7 Å².